The Morgan fingerprint density at radius 2 is 1.76 bits per heavy atom. The summed E-state index contributed by atoms with van der Waals surface area (Å²) in [5.41, 5.74) is 4.22. The maximum absolute atomic E-state index is 12.8. The predicted octanol–water partition coefficient (Wildman–Crippen LogP) is 6.31. The minimum atomic E-state index is -0.364. The Morgan fingerprint density at radius 3 is 2.38 bits per heavy atom. The minimum Gasteiger partial charge on any atom is -0.467 e. The summed E-state index contributed by atoms with van der Waals surface area (Å²) in [6, 6.07) is 20.0. The number of amides is 1. The van der Waals surface area contributed by atoms with E-state index in [9.17, 15) is 4.79 Å². The van der Waals surface area contributed by atoms with Gasteiger partial charge in [-0.3, -0.25) is 9.36 Å². The van der Waals surface area contributed by atoms with E-state index in [4.69, 9.17) is 4.42 Å². The van der Waals surface area contributed by atoms with Gasteiger partial charge in [-0.25, -0.2) is 0 Å². The monoisotopic (exact) mass is 474 g/mol. The summed E-state index contributed by atoms with van der Waals surface area (Å²) in [6.45, 7) is 10.9. The van der Waals surface area contributed by atoms with Crippen molar-refractivity contribution in [3.8, 4) is 11.4 Å². The number of anilines is 1. The molecular weight excluding hydrogens is 444 g/mol. The van der Waals surface area contributed by atoms with E-state index >= 15 is 0 Å². The van der Waals surface area contributed by atoms with Gasteiger partial charge in [0.25, 0.3) is 0 Å². The molecule has 4 aromatic rings. The van der Waals surface area contributed by atoms with Gasteiger partial charge in [0.15, 0.2) is 11.0 Å². The number of nitrogens with zero attached hydrogens (tertiary/aromatic N) is 3. The van der Waals surface area contributed by atoms with Gasteiger partial charge in [-0.1, -0.05) is 74.5 Å². The van der Waals surface area contributed by atoms with E-state index in [1.807, 2.05) is 54.8 Å². The molecule has 34 heavy (non-hydrogen) atoms. The number of nitrogens with one attached hydrogen (secondary N) is 1. The lowest BCUT2D eigenvalue weighted by Crippen LogP contribution is -2.23. The minimum absolute atomic E-state index is 0.0711. The molecule has 2 aromatic heterocycles. The Hall–Kier alpha value is -3.32. The highest BCUT2D eigenvalue weighted by molar-refractivity contribution is 8.00. The SMILES string of the molecule is Cc1ccc(NC(=O)C(C)Sc2nnc(-c3ccc(C(C)(C)C)cc3)n2Cc2ccco2)cc1. The third-order valence-corrected chi connectivity index (χ3v) is 6.67. The number of benzene rings is 2. The zero-order valence-electron chi connectivity index (χ0n) is 20.2. The molecule has 0 radical (unpaired) electrons. The van der Waals surface area contributed by atoms with Crippen LogP contribution in [0.3, 0.4) is 0 Å². The van der Waals surface area contributed by atoms with Crippen LogP contribution < -0.4 is 5.32 Å². The van der Waals surface area contributed by atoms with Gasteiger partial charge >= 0.3 is 0 Å². The van der Waals surface area contributed by atoms with Crippen LogP contribution >= 0.6 is 11.8 Å². The van der Waals surface area contributed by atoms with Crippen LogP contribution in [0.1, 0.15) is 44.6 Å². The fourth-order valence-electron chi connectivity index (χ4n) is 3.50. The third-order valence-electron chi connectivity index (χ3n) is 5.59. The van der Waals surface area contributed by atoms with Crippen molar-refractivity contribution in [1.29, 1.82) is 0 Å². The molecule has 7 heteroatoms. The maximum atomic E-state index is 12.8. The zero-order chi connectivity index (χ0) is 24.3. The Morgan fingerprint density at radius 1 is 1.06 bits per heavy atom. The van der Waals surface area contributed by atoms with Gasteiger partial charge in [0.2, 0.25) is 5.91 Å². The van der Waals surface area contributed by atoms with Crippen LogP contribution in [-0.2, 0) is 16.8 Å². The second kappa shape index (κ2) is 9.89. The fraction of sp³-hybridized carbons (Fsp3) is 0.296. The number of thioether (sulfide) groups is 1. The molecule has 0 aliphatic carbocycles. The predicted molar refractivity (Wildman–Crippen MR) is 137 cm³/mol. The van der Waals surface area contributed by atoms with Crippen molar-refractivity contribution < 1.29 is 9.21 Å². The third kappa shape index (κ3) is 5.59. The molecule has 0 bridgehead atoms. The number of hydrogen-bond acceptors (Lipinski definition) is 5. The first-order valence-corrected chi connectivity index (χ1v) is 12.2. The number of hydrogen-bond donors (Lipinski definition) is 1. The van der Waals surface area contributed by atoms with E-state index in [0.717, 1.165) is 28.4 Å². The first-order valence-electron chi connectivity index (χ1n) is 11.3. The Kier molecular flexibility index (Phi) is 6.93. The lowest BCUT2D eigenvalue weighted by molar-refractivity contribution is -0.115. The first kappa shape index (κ1) is 23.8. The molecule has 0 saturated carbocycles. The van der Waals surface area contributed by atoms with Gasteiger partial charge in [0.1, 0.15) is 5.76 Å². The second-order valence-corrected chi connectivity index (χ2v) is 10.7. The molecule has 2 aromatic carbocycles. The van der Waals surface area contributed by atoms with Crippen molar-refractivity contribution in [1.82, 2.24) is 14.8 Å². The number of rotatable bonds is 7. The molecule has 0 aliphatic heterocycles. The molecule has 6 nitrogen and oxygen atoms in total. The second-order valence-electron chi connectivity index (χ2n) is 9.41. The summed E-state index contributed by atoms with van der Waals surface area (Å²) < 4.78 is 7.60. The maximum Gasteiger partial charge on any atom is 0.237 e. The van der Waals surface area contributed by atoms with Crippen LogP contribution in [0.4, 0.5) is 5.69 Å². The summed E-state index contributed by atoms with van der Waals surface area (Å²) in [5, 5.41) is 12.2. The van der Waals surface area contributed by atoms with Crippen LogP contribution in [0.5, 0.6) is 0 Å². The molecule has 2 heterocycles. The summed E-state index contributed by atoms with van der Waals surface area (Å²) >= 11 is 1.38. The lowest BCUT2D eigenvalue weighted by Gasteiger charge is -2.19. The first-order chi connectivity index (χ1) is 16.2. The van der Waals surface area contributed by atoms with Crippen LogP contribution in [0.25, 0.3) is 11.4 Å². The van der Waals surface area contributed by atoms with E-state index in [1.54, 1.807) is 6.26 Å². The molecule has 0 aliphatic rings. The van der Waals surface area contributed by atoms with Gasteiger partial charge in [-0.15, -0.1) is 10.2 Å². The molecule has 0 spiro atoms. The van der Waals surface area contributed by atoms with E-state index in [2.05, 4.69) is 60.6 Å². The number of carbonyl (C=O) groups is 1. The van der Waals surface area contributed by atoms with Crippen LogP contribution in [0.2, 0.25) is 0 Å². The van der Waals surface area contributed by atoms with E-state index < -0.39 is 0 Å². The van der Waals surface area contributed by atoms with Crippen molar-refractivity contribution in [2.45, 2.75) is 57.0 Å². The summed E-state index contributed by atoms with van der Waals surface area (Å²) in [7, 11) is 0. The van der Waals surface area contributed by atoms with Crippen molar-refractivity contribution in [3.05, 3.63) is 83.8 Å². The number of carbonyl (C=O) groups excluding carboxylic acids is 1. The Bertz CT molecular complexity index is 1240. The van der Waals surface area contributed by atoms with Gasteiger partial charge in [0, 0.05) is 11.3 Å². The lowest BCUT2D eigenvalue weighted by atomic mass is 9.87. The van der Waals surface area contributed by atoms with Crippen LogP contribution in [-0.4, -0.2) is 25.9 Å². The highest BCUT2D eigenvalue weighted by Crippen LogP contribution is 2.30. The van der Waals surface area contributed by atoms with E-state index in [0.29, 0.717) is 11.7 Å². The molecule has 1 amide bonds. The molecule has 1 unspecified atom stereocenters. The standard InChI is InChI=1S/C27H30N4O2S/c1-18-8-14-22(15-9-18)28-25(32)19(2)34-26-30-29-24(31(26)17-23-7-6-16-33-23)20-10-12-21(13-11-20)27(3,4)5/h6-16,19H,17H2,1-5H3,(H,28,32). The molecule has 0 saturated heterocycles. The normalized spacial score (nSPS) is 12.5. The fourth-order valence-corrected chi connectivity index (χ4v) is 4.35. The van der Waals surface area contributed by atoms with Crippen molar-refractivity contribution >= 4 is 23.4 Å². The smallest absolute Gasteiger partial charge is 0.237 e. The zero-order valence-corrected chi connectivity index (χ0v) is 21.0. The van der Waals surface area contributed by atoms with Crippen LogP contribution in [0.15, 0.2) is 76.5 Å². The molecular formula is C27H30N4O2S. The molecule has 1 N–H and O–H groups in total. The molecule has 1 atom stereocenters. The Balaban J connectivity index is 1.58. The molecule has 4 rings (SSSR count). The van der Waals surface area contributed by atoms with Crippen molar-refractivity contribution in [3.63, 3.8) is 0 Å². The van der Waals surface area contributed by atoms with Gasteiger partial charge in [-0.2, -0.15) is 0 Å². The highest BCUT2D eigenvalue weighted by Gasteiger charge is 2.22. The number of aromatic nitrogens is 3. The number of aryl methyl sites for hydroxylation is 1. The van der Waals surface area contributed by atoms with Gasteiger partial charge in [0.05, 0.1) is 18.1 Å². The quantitative estimate of drug-likeness (QED) is 0.318. The Labute approximate surface area is 204 Å². The van der Waals surface area contributed by atoms with Gasteiger partial charge < -0.3 is 9.73 Å². The van der Waals surface area contributed by atoms with Gasteiger partial charge in [-0.05, 0) is 49.1 Å². The summed E-state index contributed by atoms with van der Waals surface area (Å²) in [4.78, 5) is 12.8. The van der Waals surface area contributed by atoms with E-state index in [1.165, 1.54) is 17.3 Å². The topological polar surface area (TPSA) is 73.0 Å². The number of furan rings is 1. The summed E-state index contributed by atoms with van der Waals surface area (Å²) in [5.74, 6) is 1.45. The molecule has 0 fully saturated rings. The largest absolute Gasteiger partial charge is 0.467 e. The summed E-state index contributed by atoms with van der Waals surface area (Å²) in [6.07, 6.45) is 1.65. The van der Waals surface area contributed by atoms with Crippen molar-refractivity contribution in [2.75, 3.05) is 5.32 Å². The average molecular weight is 475 g/mol. The van der Waals surface area contributed by atoms with Crippen LogP contribution in [0, 0.1) is 6.92 Å². The van der Waals surface area contributed by atoms with E-state index in [-0.39, 0.29) is 16.6 Å². The average Bonchev–Trinajstić information content (AvgIpc) is 3.45. The van der Waals surface area contributed by atoms with Crippen molar-refractivity contribution in [2.24, 2.45) is 0 Å². The molecule has 176 valence electrons. The highest BCUT2D eigenvalue weighted by atomic mass is 32.2.